The predicted octanol–water partition coefficient (Wildman–Crippen LogP) is 5.46. The number of aryl methyl sites for hydroxylation is 1. The molecule has 34 heavy (non-hydrogen) atoms. The van der Waals surface area contributed by atoms with E-state index in [4.69, 9.17) is 16.6 Å². The number of imidazole rings is 1. The average molecular weight is 514 g/mol. The van der Waals surface area contributed by atoms with Crippen LogP contribution in [0.25, 0.3) is 21.9 Å². The average Bonchev–Trinajstić information content (AvgIpc) is 3.56. The second kappa shape index (κ2) is 9.48. The number of fused-ring (bicyclic) bond motifs is 1. The number of carbonyl (C=O) groups excluding carboxylic acids is 2. The molecule has 4 heterocycles. The van der Waals surface area contributed by atoms with E-state index in [1.165, 1.54) is 22.7 Å². The van der Waals surface area contributed by atoms with Gasteiger partial charge in [-0.3, -0.25) is 9.59 Å². The molecule has 0 aromatic carbocycles. The molecular weight excluding hydrogens is 490 g/mol. The summed E-state index contributed by atoms with van der Waals surface area (Å²) in [5, 5.41) is 5.87. The largest absolute Gasteiger partial charge is 0.355 e. The maximum absolute atomic E-state index is 12.8. The lowest BCUT2D eigenvalue weighted by atomic mass is 9.90. The number of amides is 2. The van der Waals surface area contributed by atoms with Crippen LogP contribution in [0.4, 0.5) is 0 Å². The lowest BCUT2D eigenvalue weighted by Crippen LogP contribution is -2.38. The predicted molar refractivity (Wildman–Crippen MR) is 137 cm³/mol. The van der Waals surface area contributed by atoms with E-state index >= 15 is 0 Å². The lowest BCUT2D eigenvalue weighted by molar-refractivity contribution is 0.0923. The zero-order valence-electron chi connectivity index (χ0n) is 18.8. The second-order valence-corrected chi connectivity index (χ2v) is 11.5. The van der Waals surface area contributed by atoms with Crippen molar-refractivity contribution >= 4 is 57.3 Å². The van der Waals surface area contributed by atoms with Gasteiger partial charge < -0.3 is 15.2 Å². The van der Waals surface area contributed by atoms with Crippen LogP contribution in [0.15, 0.2) is 36.5 Å². The number of rotatable bonds is 5. The van der Waals surface area contributed by atoms with Gasteiger partial charge in [0.25, 0.3) is 11.8 Å². The highest BCUT2D eigenvalue weighted by Gasteiger charge is 2.29. The summed E-state index contributed by atoms with van der Waals surface area (Å²) in [5.41, 5.74) is 1.87. The molecule has 1 fully saturated rings. The highest BCUT2D eigenvalue weighted by atomic mass is 35.5. The molecule has 4 aromatic rings. The number of hydrogen-bond donors (Lipinski definition) is 2. The Balaban J connectivity index is 1.49. The Morgan fingerprint density at radius 1 is 1.15 bits per heavy atom. The fourth-order valence-corrected chi connectivity index (χ4v) is 6.35. The smallest absolute Gasteiger partial charge is 0.261 e. The quantitative estimate of drug-likeness (QED) is 0.371. The van der Waals surface area contributed by atoms with Gasteiger partial charge in [-0.2, -0.15) is 0 Å². The first-order valence-electron chi connectivity index (χ1n) is 11.2. The van der Waals surface area contributed by atoms with Gasteiger partial charge in [0.2, 0.25) is 0 Å². The molecule has 176 valence electrons. The molecule has 1 aliphatic rings. The van der Waals surface area contributed by atoms with Crippen molar-refractivity contribution in [1.29, 1.82) is 0 Å². The Morgan fingerprint density at radius 3 is 2.71 bits per heavy atom. The van der Waals surface area contributed by atoms with E-state index in [1.54, 1.807) is 19.3 Å². The van der Waals surface area contributed by atoms with Gasteiger partial charge in [0.1, 0.15) is 5.52 Å². The van der Waals surface area contributed by atoms with Crippen LogP contribution in [-0.4, -0.2) is 39.4 Å². The van der Waals surface area contributed by atoms with Gasteiger partial charge in [0, 0.05) is 30.2 Å². The molecule has 0 radical (unpaired) electrons. The SMILES string of the molecule is CNC(=O)c1cnc2c(c1)nc(-c1ccc(Cl)s1)n2[C@H]1CCC[C@@H](NC(=O)c2ccc(C)s2)C1. The van der Waals surface area contributed by atoms with Crippen molar-refractivity contribution in [3.63, 3.8) is 0 Å². The summed E-state index contributed by atoms with van der Waals surface area (Å²) in [6, 6.07) is 9.63. The minimum atomic E-state index is -0.200. The number of halogens is 1. The van der Waals surface area contributed by atoms with Gasteiger partial charge in [-0.1, -0.05) is 11.6 Å². The fraction of sp³-hybridized carbons (Fsp3) is 0.333. The molecule has 7 nitrogen and oxygen atoms in total. The van der Waals surface area contributed by atoms with Crippen LogP contribution in [0.2, 0.25) is 4.34 Å². The highest BCUT2D eigenvalue weighted by Crippen LogP contribution is 2.38. The van der Waals surface area contributed by atoms with Gasteiger partial charge in [-0.05, 0) is 62.9 Å². The van der Waals surface area contributed by atoms with Crippen LogP contribution in [-0.2, 0) is 0 Å². The molecule has 0 saturated heterocycles. The molecule has 1 aliphatic carbocycles. The Labute approximate surface area is 210 Å². The third-order valence-electron chi connectivity index (χ3n) is 6.12. The van der Waals surface area contributed by atoms with E-state index in [9.17, 15) is 9.59 Å². The van der Waals surface area contributed by atoms with Crippen molar-refractivity contribution in [3.05, 3.63) is 56.2 Å². The van der Waals surface area contributed by atoms with Crippen molar-refractivity contribution in [2.45, 2.75) is 44.7 Å². The molecule has 0 aliphatic heterocycles. The normalized spacial score (nSPS) is 18.2. The minimum absolute atomic E-state index is 0.0159. The summed E-state index contributed by atoms with van der Waals surface area (Å²) < 4.78 is 2.85. The lowest BCUT2D eigenvalue weighted by Gasteiger charge is -2.31. The first-order chi connectivity index (χ1) is 16.4. The summed E-state index contributed by atoms with van der Waals surface area (Å²) in [6.07, 6.45) is 5.26. The van der Waals surface area contributed by atoms with Crippen LogP contribution in [0.5, 0.6) is 0 Å². The molecule has 0 unspecified atom stereocenters. The number of carbonyl (C=O) groups is 2. The van der Waals surface area contributed by atoms with E-state index in [-0.39, 0.29) is 23.9 Å². The summed E-state index contributed by atoms with van der Waals surface area (Å²) in [5.74, 6) is 0.575. The Morgan fingerprint density at radius 2 is 2.00 bits per heavy atom. The van der Waals surface area contributed by atoms with E-state index < -0.39 is 0 Å². The monoisotopic (exact) mass is 513 g/mol. The number of pyridine rings is 1. The zero-order chi connectivity index (χ0) is 23.8. The summed E-state index contributed by atoms with van der Waals surface area (Å²) in [6.45, 7) is 2.00. The second-order valence-electron chi connectivity index (χ2n) is 8.46. The molecule has 2 atom stereocenters. The molecule has 10 heteroatoms. The van der Waals surface area contributed by atoms with Gasteiger partial charge in [0.15, 0.2) is 11.5 Å². The number of aromatic nitrogens is 3. The van der Waals surface area contributed by atoms with Crippen LogP contribution in [0.1, 0.15) is 56.6 Å². The zero-order valence-corrected chi connectivity index (χ0v) is 21.2. The van der Waals surface area contributed by atoms with Crippen molar-refractivity contribution in [3.8, 4) is 10.7 Å². The number of thiophene rings is 2. The van der Waals surface area contributed by atoms with Gasteiger partial charge in [-0.15, -0.1) is 22.7 Å². The third-order valence-corrected chi connectivity index (χ3v) is 8.35. The molecule has 0 bridgehead atoms. The van der Waals surface area contributed by atoms with Crippen LogP contribution in [0, 0.1) is 6.92 Å². The van der Waals surface area contributed by atoms with Crippen molar-refractivity contribution < 1.29 is 9.59 Å². The van der Waals surface area contributed by atoms with E-state index in [0.717, 1.165) is 51.8 Å². The molecular formula is C24H24ClN5O2S2. The third kappa shape index (κ3) is 4.47. The van der Waals surface area contributed by atoms with Crippen molar-refractivity contribution in [2.24, 2.45) is 0 Å². The fourth-order valence-electron chi connectivity index (χ4n) is 4.55. The number of hydrogen-bond acceptors (Lipinski definition) is 6. The van der Waals surface area contributed by atoms with Gasteiger partial charge in [0.05, 0.1) is 19.7 Å². The molecule has 2 N–H and O–H groups in total. The maximum atomic E-state index is 12.8. The van der Waals surface area contributed by atoms with Crippen LogP contribution in [0.3, 0.4) is 0 Å². The summed E-state index contributed by atoms with van der Waals surface area (Å²) >= 11 is 9.22. The molecule has 1 saturated carbocycles. The Kier molecular flexibility index (Phi) is 6.42. The number of nitrogens with one attached hydrogen (secondary N) is 2. The summed E-state index contributed by atoms with van der Waals surface area (Å²) in [7, 11) is 1.60. The first kappa shape index (κ1) is 23.0. The Hall–Kier alpha value is -2.75. The van der Waals surface area contributed by atoms with Crippen molar-refractivity contribution in [1.82, 2.24) is 25.2 Å². The van der Waals surface area contributed by atoms with E-state index in [2.05, 4.69) is 20.2 Å². The van der Waals surface area contributed by atoms with E-state index in [1.807, 2.05) is 31.2 Å². The summed E-state index contributed by atoms with van der Waals surface area (Å²) in [4.78, 5) is 37.2. The molecule has 2 amide bonds. The van der Waals surface area contributed by atoms with Gasteiger partial charge >= 0.3 is 0 Å². The van der Waals surface area contributed by atoms with E-state index in [0.29, 0.717) is 15.4 Å². The maximum Gasteiger partial charge on any atom is 0.261 e. The highest BCUT2D eigenvalue weighted by molar-refractivity contribution is 7.19. The van der Waals surface area contributed by atoms with Crippen LogP contribution < -0.4 is 10.6 Å². The molecule has 5 rings (SSSR count). The van der Waals surface area contributed by atoms with Crippen LogP contribution >= 0.6 is 34.3 Å². The standard InChI is InChI=1S/C24H24ClN5O2S2/c1-13-6-7-19(33-13)24(32)28-15-4-3-5-16(11-15)30-21-17(10-14(12-27-21)23(31)26-2)29-22(30)18-8-9-20(25)34-18/h6-10,12,15-16H,3-5,11H2,1-2H3,(H,26,31)(H,28,32)/t15-,16+/m1/s1. The Bertz CT molecular complexity index is 1370. The minimum Gasteiger partial charge on any atom is -0.355 e. The number of nitrogens with zero attached hydrogens (tertiary/aromatic N) is 3. The topological polar surface area (TPSA) is 88.9 Å². The first-order valence-corrected chi connectivity index (χ1v) is 13.2. The molecule has 4 aromatic heterocycles. The molecule has 0 spiro atoms. The van der Waals surface area contributed by atoms with Crippen molar-refractivity contribution in [2.75, 3.05) is 7.05 Å². The van der Waals surface area contributed by atoms with Gasteiger partial charge in [-0.25, -0.2) is 9.97 Å².